The summed E-state index contributed by atoms with van der Waals surface area (Å²) >= 11 is 0. The van der Waals surface area contributed by atoms with Crippen LogP contribution in [0.15, 0.2) is 48.5 Å². The lowest BCUT2D eigenvalue weighted by atomic mass is 9.83. The van der Waals surface area contributed by atoms with Gasteiger partial charge in [0, 0.05) is 29.8 Å². The van der Waals surface area contributed by atoms with E-state index in [-0.39, 0.29) is 18.2 Å². The normalized spacial score (nSPS) is 14.2. The number of hydrogen-bond acceptors (Lipinski definition) is 6. The number of aromatic nitrogens is 1. The maximum absolute atomic E-state index is 14.0. The minimum Gasteiger partial charge on any atom is -0.481 e. The highest BCUT2D eigenvalue weighted by Gasteiger charge is 2.24. The van der Waals surface area contributed by atoms with Crippen molar-refractivity contribution in [3.63, 3.8) is 0 Å². The van der Waals surface area contributed by atoms with E-state index < -0.39 is 43.1 Å². The lowest BCUT2D eigenvalue weighted by molar-refractivity contribution is -0.139. The van der Waals surface area contributed by atoms with Gasteiger partial charge in [-0.05, 0) is 77.3 Å². The second-order valence-corrected chi connectivity index (χ2v) is 11.5. The first-order valence-corrected chi connectivity index (χ1v) is 14.9. The summed E-state index contributed by atoms with van der Waals surface area (Å²) < 4.78 is 14.0. The van der Waals surface area contributed by atoms with E-state index in [1.54, 1.807) is 24.3 Å². The molecule has 6 N–H and O–H groups in total. The second-order valence-electron chi connectivity index (χ2n) is 11.5. The van der Waals surface area contributed by atoms with Crippen molar-refractivity contribution in [2.45, 2.75) is 70.5 Å². The summed E-state index contributed by atoms with van der Waals surface area (Å²) in [5.74, 6) is -2.72. The lowest BCUT2D eigenvalue weighted by Crippen LogP contribution is -2.33. The minimum atomic E-state index is -1.21. The van der Waals surface area contributed by atoms with E-state index in [0.717, 1.165) is 57.6 Å². The fraction of sp³-hybridized carbons (Fsp3) is 0.353. The molecule has 0 radical (unpaired) electrons. The molecular formula is C34H38FN3O7. The number of carboxylic acid groups (broad SMARTS) is 2. The van der Waals surface area contributed by atoms with Crippen LogP contribution in [0.3, 0.4) is 0 Å². The summed E-state index contributed by atoms with van der Waals surface area (Å²) in [6.45, 7) is 3.50. The lowest BCUT2D eigenvalue weighted by Gasteiger charge is -2.25. The van der Waals surface area contributed by atoms with Crippen molar-refractivity contribution in [1.82, 2.24) is 10.3 Å². The molecule has 0 aliphatic heterocycles. The van der Waals surface area contributed by atoms with Crippen molar-refractivity contribution in [1.29, 1.82) is 0 Å². The number of aliphatic hydroxyl groups is 2. The Bertz CT molecular complexity index is 1590. The Labute approximate surface area is 260 Å². The van der Waals surface area contributed by atoms with Crippen molar-refractivity contribution < 1.29 is 39.2 Å². The number of aliphatic hydroxyl groups excluding tert-OH is 2. The second kappa shape index (κ2) is 14.9. The predicted molar refractivity (Wildman–Crippen MR) is 168 cm³/mol. The molecule has 0 saturated heterocycles. The highest BCUT2D eigenvalue weighted by atomic mass is 19.1. The Hall–Kier alpha value is -4.61. The molecule has 2 atom stereocenters. The fourth-order valence-electron chi connectivity index (χ4n) is 5.61. The third-order valence-electron chi connectivity index (χ3n) is 7.63. The summed E-state index contributed by atoms with van der Waals surface area (Å²) in [4.78, 5) is 39.1. The van der Waals surface area contributed by atoms with E-state index in [2.05, 4.69) is 10.6 Å². The molecule has 1 aliphatic carbocycles. The number of halogens is 1. The van der Waals surface area contributed by atoms with E-state index in [9.17, 15) is 29.0 Å². The van der Waals surface area contributed by atoms with Crippen LogP contribution in [0.1, 0.15) is 72.7 Å². The van der Waals surface area contributed by atoms with Crippen LogP contribution in [0.4, 0.5) is 14.9 Å². The number of fused-ring (bicyclic) bond motifs is 2. The molecule has 1 heterocycles. The highest BCUT2D eigenvalue weighted by Crippen LogP contribution is 2.38. The molecule has 10 nitrogen and oxygen atoms in total. The van der Waals surface area contributed by atoms with Crippen molar-refractivity contribution in [3.05, 3.63) is 88.0 Å². The average molecular weight is 620 g/mol. The number of benzene rings is 2. The quantitative estimate of drug-likeness (QED) is 0.176. The van der Waals surface area contributed by atoms with Gasteiger partial charge < -0.3 is 31.1 Å². The van der Waals surface area contributed by atoms with Gasteiger partial charge in [-0.25, -0.2) is 9.18 Å². The average Bonchev–Trinajstić information content (AvgIpc) is 2.95. The number of hydrogen-bond donors (Lipinski definition) is 6. The summed E-state index contributed by atoms with van der Waals surface area (Å²) in [5.41, 5.74) is 7.56. The zero-order valence-corrected chi connectivity index (χ0v) is 25.2. The third-order valence-corrected chi connectivity index (χ3v) is 7.63. The molecule has 2 amide bonds. The van der Waals surface area contributed by atoms with Gasteiger partial charge in [0.05, 0.1) is 24.3 Å². The molecule has 45 heavy (non-hydrogen) atoms. The van der Waals surface area contributed by atoms with E-state index in [0.29, 0.717) is 18.5 Å². The molecule has 0 bridgehead atoms. The van der Waals surface area contributed by atoms with Gasteiger partial charge in [0.1, 0.15) is 12.4 Å². The van der Waals surface area contributed by atoms with Gasteiger partial charge in [-0.2, -0.15) is 0 Å². The first kappa shape index (κ1) is 33.3. The number of nitrogens with one attached hydrogen (secondary N) is 2. The van der Waals surface area contributed by atoms with Crippen LogP contribution in [0.5, 0.6) is 0 Å². The molecular weight excluding hydrogens is 581 g/mol. The first-order valence-electron chi connectivity index (χ1n) is 14.9. The Kier molecular flexibility index (Phi) is 11.0. The Morgan fingerprint density at radius 3 is 2.40 bits per heavy atom. The molecule has 1 aromatic heterocycles. The van der Waals surface area contributed by atoms with E-state index in [1.807, 2.05) is 26.0 Å². The van der Waals surface area contributed by atoms with Gasteiger partial charge in [0.2, 0.25) is 0 Å². The van der Waals surface area contributed by atoms with Crippen molar-refractivity contribution in [3.8, 4) is 11.1 Å². The molecule has 0 unspecified atom stereocenters. The molecule has 238 valence electrons. The molecule has 0 saturated carbocycles. The number of nitrogens with zero attached hydrogens (tertiary/aromatic N) is 1. The number of aliphatic carboxylic acids is 2. The molecule has 0 spiro atoms. The van der Waals surface area contributed by atoms with Gasteiger partial charge in [0.25, 0.3) is 0 Å². The van der Waals surface area contributed by atoms with Crippen molar-refractivity contribution >= 4 is 29.7 Å². The Morgan fingerprint density at radius 1 is 1.00 bits per heavy atom. The monoisotopic (exact) mass is 619 g/mol. The Morgan fingerprint density at radius 2 is 1.73 bits per heavy atom. The number of carbonyl (C=O) groups excluding carboxylic acids is 1. The molecule has 2 aromatic carbocycles. The van der Waals surface area contributed by atoms with Crippen LogP contribution in [0, 0.1) is 5.82 Å². The summed E-state index contributed by atoms with van der Waals surface area (Å²) in [6.07, 6.45) is 3.04. The third kappa shape index (κ3) is 8.96. The largest absolute Gasteiger partial charge is 0.481 e. The number of anilines is 1. The van der Waals surface area contributed by atoms with Gasteiger partial charge in [-0.3, -0.25) is 14.6 Å². The van der Waals surface area contributed by atoms with E-state index in [4.69, 9.17) is 15.2 Å². The summed E-state index contributed by atoms with van der Waals surface area (Å²) in [7, 11) is 0. The fourth-order valence-corrected chi connectivity index (χ4v) is 5.61. The number of aryl methyl sites for hydroxylation is 1. The predicted octanol–water partition coefficient (Wildman–Crippen LogP) is 4.90. The molecule has 1 aliphatic rings. The van der Waals surface area contributed by atoms with Gasteiger partial charge in [0.15, 0.2) is 0 Å². The number of pyridine rings is 1. The topological polar surface area (TPSA) is 169 Å². The molecule has 11 heteroatoms. The zero-order chi connectivity index (χ0) is 32.7. The van der Waals surface area contributed by atoms with Crippen LogP contribution >= 0.6 is 0 Å². The van der Waals surface area contributed by atoms with Gasteiger partial charge in [-0.15, -0.1) is 0 Å². The Balaban J connectivity index is 1.79. The number of carboxylic acids is 2. The summed E-state index contributed by atoms with van der Waals surface area (Å²) in [6, 6.07) is 11.2. The highest BCUT2D eigenvalue weighted by molar-refractivity contribution is 5.91. The SMILES string of the molecule is CC(C)c1nc2c(c(-c3ccc(F)cc3)c1C=C[C@@H](O)C[C@@H](O)CC(=O)O)CCCc1ccc(NC(=O)NCC(=O)O)cc1C2. The van der Waals surface area contributed by atoms with Gasteiger partial charge in [-0.1, -0.05) is 44.2 Å². The first-order chi connectivity index (χ1) is 21.4. The maximum atomic E-state index is 14.0. The number of rotatable bonds is 11. The van der Waals surface area contributed by atoms with Crippen LogP contribution in [0.25, 0.3) is 17.2 Å². The number of amides is 2. The van der Waals surface area contributed by atoms with Crippen molar-refractivity contribution in [2.75, 3.05) is 11.9 Å². The maximum Gasteiger partial charge on any atom is 0.323 e. The van der Waals surface area contributed by atoms with Crippen molar-refractivity contribution in [2.24, 2.45) is 0 Å². The van der Waals surface area contributed by atoms with Crippen LogP contribution in [-0.4, -0.2) is 62.1 Å². The smallest absolute Gasteiger partial charge is 0.323 e. The van der Waals surface area contributed by atoms with E-state index in [1.165, 1.54) is 18.2 Å². The molecule has 3 aromatic rings. The minimum absolute atomic E-state index is 0.0419. The van der Waals surface area contributed by atoms with Crippen LogP contribution < -0.4 is 10.6 Å². The zero-order valence-electron chi connectivity index (χ0n) is 25.2. The number of carbonyl (C=O) groups is 3. The number of urea groups is 1. The van der Waals surface area contributed by atoms with Gasteiger partial charge >= 0.3 is 18.0 Å². The summed E-state index contributed by atoms with van der Waals surface area (Å²) in [5, 5.41) is 43.4. The molecule has 4 rings (SSSR count). The van der Waals surface area contributed by atoms with Crippen LogP contribution in [-0.2, 0) is 28.9 Å². The van der Waals surface area contributed by atoms with Crippen LogP contribution in [0.2, 0.25) is 0 Å². The molecule has 0 fully saturated rings. The standard InChI is InChI=1S/C34H38FN3O7/c1-19(2)33-28(13-12-25(39)16-26(40)17-30(41)42)32(21-6-9-23(35)10-7-21)27-5-3-4-20-8-11-24(14-22(20)15-29(27)38-33)37-34(45)36-18-31(43)44/h6-14,19,25-26,39-40H,3-5,15-18H2,1-2H3,(H,41,42)(H,43,44)(H2,36,37,45)/t25-,26-/m1/s1. The van der Waals surface area contributed by atoms with E-state index >= 15 is 0 Å².